The number of benzene rings is 1. The fourth-order valence-corrected chi connectivity index (χ4v) is 2.79. The molecule has 1 aliphatic rings. The van der Waals surface area contributed by atoms with Gasteiger partial charge in [0.05, 0.1) is 5.54 Å². The Labute approximate surface area is 113 Å². The Hall–Kier alpha value is -1.42. The maximum atomic E-state index is 13.3. The van der Waals surface area contributed by atoms with E-state index in [9.17, 15) is 9.18 Å². The summed E-state index contributed by atoms with van der Waals surface area (Å²) in [5.41, 5.74) is 0.163. The Morgan fingerprint density at radius 1 is 1.47 bits per heavy atom. The lowest BCUT2D eigenvalue weighted by Crippen LogP contribution is -2.54. The number of hydrogen-bond acceptors (Lipinski definition) is 2. The first-order chi connectivity index (χ1) is 9.13. The van der Waals surface area contributed by atoms with Crippen LogP contribution in [0.25, 0.3) is 0 Å². The molecule has 3 nitrogen and oxygen atoms in total. The summed E-state index contributed by atoms with van der Waals surface area (Å²) in [7, 11) is 0. The molecule has 1 aliphatic heterocycles. The van der Waals surface area contributed by atoms with Crippen molar-refractivity contribution in [1.82, 2.24) is 5.32 Å². The van der Waals surface area contributed by atoms with Crippen molar-refractivity contribution in [2.75, 3.05) is 18.0 Å². The molecule has 1 aromatic rings. The number of carbonyl (C=O) groups is 1. The average Bonchev–Trinajstić information content (AvgIpc) is 2.89. The molecule has 0 aliphatic carbocycles. The Balaban J connectivity index is 2.29. The van der Waals surface area contributed by atoms with Gasteiger partial charge in [-0.3, -0.25) is 4.79 Å². The summed E-state index contributed by atoms with van der Waals surface area (Å²) in [5, 5.41) is 3.33. The Kier molecular flexibility index (Phi) is 4.20. The molecule has 1 N–H and O–H groups in total. The van der Waals surface area contributed by atoms with Gasteiger partial charge in [-0.25, -0.2) is 4.39 Å². The molecule has 1 fully saturated rings. The predicted octanol–water partition coefficient (Wildman–Crippen LogP) is 2.71. The molecule has 1 saturated heterocycles. The van der Waals surface area contributed by atoms with Crippen molar-refractivity contribution in [2.45, 2.75) is 38.6 Å². The molecule has 1 aromatic carbocycles. The minimum atomic E-state index is -0.470. The fourth-order valence-electron chi connectivity index (χ4n) is 2.79. The second-order valence-corrected chi connectivity index (χ2v) is 5.00. The van der Waals surface area contributed by atoms with E-state index < -0.39 is 5.54 Å². The van der Waals surface area contributed by atoms with Crippen molar-refractivity contribution in [3.8, 4) is 0 Å². The van der Waals surface area contributed by atoms with Crippen LogP contribution in [0.4, 0.5) is 10.1 Å². The number of hydrogen-bond donors (Lipinski definition) is 1. The van der Waals surface area contributed by atoms with Crippen molar-refractivity contribution in [1.29, 1.82) is 0 Å². The van der Waals surface area contributed by atoms with E-state index in [2.05, 4.69) is 5.32 Å². The van der Waals surface area contributed by atoms with Crippen LogP contribution in [-0.2, 0) is 4.79 Å². The highest BCUT2D eigenvalue weighted by Gasteiger charge is 2.41. The third-order valence-corrected chi connectivity index (χ3v) is 3.94. The molecule has 104 valence electrons. The maximum Gasteiger partial charge on any atom is 0.247 e. The lowest BCUT2D eigenvalue weighted by molar-refractivity contribution is -0.124. The molecular formula is C15H21FN2O. The molecule has 19 heavy (non-hydrogen) atoms. The lowest BCUT2D eigenvalue weighted by atomic mass is 9.92. The number of carbonyl (C=O) groups excluding carboxylic acids is 1. The summed E-state index contributed by atoms with van der Waals surface area (Å²) in [6, 6.07) is 6.23. The minimum Gasteiger partial charge on any atom is -0.311 e. The number of rotatable bonds is 4. The van der Waals surface area contributed by atoms with Gasteiger partial charge in [-0.1, -0.05) is 13.0 Å². The van der Waals surface area contributed by atoms with Crippen LogP contribution in [0.15, 0.2) is 24.3 Å². The van der Waals surface area contributed by atoms with E-state index in [1.54, 1.807) is 17.0 Å². The normalized spacial score (nSPS) is 22.5. The molecule has 0 radical (unpaired) electrons. The van der Waals surface area contributed by atoms with Crippen molar-refractivity contribution < 1.29 is 9.18 Å². The molecule has 4 heteroatoms. The van der Waals surface area contributed by atoms with E-state index in [-0.39, 0.29) is 11.7 Å². The van der Waals surface area contributed by atoms with E-state index in [0.717, 1.165) is 25.8 Å². The quantitative estimate of drug-likeness (QED) is 0.907. The topological polar surface area (TPSA) is 32.3 Å². The van der Waals surface area contributed by atoms with Crippen LogP contribution < -0.4 is 10.2 Å². The number of likely N-dealkylation sites (N-methyl/N-ethyl adjacent to an activating group) is 1. The van der Waals surface area contributed by atoms with Crippen LogP contribution in [-0.4, -0.2) is 24.5 Å². The van der Waals surface area contributed by atoms with E-state index in [1.807, 2.05) is 13.8 Å². The van der Waals surface area contributed by atoms with Crippen LogP contribution in [0.1, 0.15) is 33.1 Å². The van der Waals surface area contributed by atoms with Gasteiger partial charge in [0.2, 0.25) is 5.91 Å². The van der Waals surface area contributed by atoms with Gasteiger partial charge in [-0.15, -0.1) is 0 Å². The third-order valence-electron chi connectivity index (χ3n) is 3.94. The fraction of sp³-hybridized carbons (Fsp3) is 0.533. The summed E-state index contributed by atoms with van der Waals surface area (Å²) >= 11 is 0. The number of anilines is 1. The maximum absolute atomic E-state index is 13.3. The van der Waals surface area contributed by atoms with Crippen LogP contribution in [0.3, 0.4) is 0 Å². The molecule has 0 bridgehead atoms. The molecule has 0 saturated carbocycles. The molecule has 1 atom stereocenters. The molecule has 2 rings (SSSR count). The molecule has 0 spiro atoms. The van der Waals surface area contributed by atoms with E-state index in [1.165, 1.54) is 12.1 Å². The minimum absolute atomic E-state index is 0.0561. The zero-order chi connectivity index (χ0) is 13.9. The molecule has 0 aromatic heterocycles. The summed E-state index contributed by atoms with van der Waals surface area (Å²) in [6.45, 7) is 5.36. The van der Waals surface area contributed by atoms with Crippen molar-refractivity contribution in [2.24, 2.45) is 0 Å². The Morgan fingerprint density at radius 3 is 2.79 bits per heavy atom. The van der Waals surface area contributed by atoms with Gasteiger partial charge in [0, 0.05) is 12.2 Å². The van der Waals surface area contributed by atoms with Crippen molar-refractivity contribution >= 4 is 11.6 Å². The van der Waals surface area contributed by atoms with Gasteiger partial charge in [-0.05, 0) is 50.9 Å². The van der Waals surface area contributed by atoms with Crippen molar-refractivity contribution in [3.05, 3.63) is 30.1 Å². The second-order valence-electron chi connectivity index (χ2n) is 5.00. The lowest BCUT2D eigenvalue weighted by Gasteiger charge is -2.33. The average molecular weight is 264 g/mol. The SMILES string of the molecule is CCN(C(=O)C1(CC)CCCN1)c1cccc(F)c1. The van der Waals surface area contributed by atoms with Crippen LogP contribution in [0.5, 0.6) is 0 Å². The Bertz CT molecular complexity index is 455. The summed E-state index contributed by atoms with van der Waals surface area (Å²) in [5.74, 6) is -0.255. The number of nitrogens with zero attached hydrogens (tertiary/aromatic N) is 1. The van der Waals surface area contributed by atoms with Gasteiger partial charge in [0.25, 0.3) is 0 Å². The van der Waals surface area contributed by atoms with E-state index >= 15 is 0 Å². The van der Waals surface area contributed by atoms with Gasteiger partial charge in [0.1, 0.15) is 5.82 Å². The number of halogens is 1. The van der Waals surface area contributed by atoms with Crippen LogP contribution in [0.2, 0.25) is 0 Å². The summed E-state index contributed by atoms with van der Waals surface area (Å²) in [4.78, 5) is 14.5. The first-order valence-electron chi connectivity index (χ1n) is 6.95. The van der Waals surface area contributed by atoms with Gasteiger partial charge in [0.15, 0.2) is 0 Å². The molecule has 1 amide bonds. The highest BCUT2D eigenvalue weighted by molar-refractivity contribution is 6.00. The molecule has 1 heterocycles. The third kappa shape index (κ3) is 2.63. The van der Waals surface area contributed by atoms with E-state index in [4.69, 9.17) is 0 Å². The highest BCUT2D eigenvalue weighted by Crippen LogP contribution is 2.28. The number of nitrogens with one attached hydrogen (secondary N) is 1. The number of amides is 1. The Morgan fingerprint density at radius 2 is 2.26 bits per heavy atom. The van der Waals surface area contributed by atoms with Crippen LogP contribution >= 0.6 is 0 Å². The zero-order valence-corrected chi connectivity index (χ0v) is 11.6. The van der Waals surface area contributed by atoms with Crippen LogP contribution in [0, 0.1) is 5.82 Å². The van der Waals surface area contributed by atoms with Gasteiger partial charge < -0.3 is 10.2 Å². The van der Waals surface area contributed by atoms with E-state index in [0.29, 0.717) is 12.2 Å². The second kappa shape index (κ2) is 5.70. The highest BCUT2D eigenvalue weighted by atomic mass is 19.1. The smallest absolute Gasteiger partial charge is 0.247 e. The standard InChI is InChI=1S/C15H21FN2O/c1-3-15(9-6-10-17-15)14(19)18(4-2)13-8-5-7-12(16)11-13/h5,7-8,11,17H,3-4,6,9-10H2,1-2H3. The first-order valence-corrected chi connectivity index (χ1v) is 6.95. The van der Waals surface area contributed by atoms with Gasteiger partial charge >= 0.3 is 0 Å². The monoisotopic (exact) mass is 264 g/mol. The molecule has 1 unspecified atom stereocenters. The zero-order valence-electron chi connectivity index (χ0n) is 11.6. The summed E-state index contributed by atoms with van der Waals surface area (Å²) in [6.07, 6.45) is 2.63. The molecular weight excluding hydrogens is 243 g/mol. The van der Waals surface area contributed by atoms with Crippen molar-refractivity contribution in [3.63, 3.8) is 0 Å². The largest absolute Gasteiger partial charge is 0.311 e. The predicted molar refractivity (Wildman–Crippen MR) is 74.7 cm³/mol. The first kappa shape index (κ1) is 14.0. The van der Waals surface area contributed by atoms with Gasteiger partial charge in [-0.2, -0.15) is 0 Å². The summed E-state index contributed by atoms with van der Waals surface area (Å²) < 4.78 is 13.3.